The molecule has 0 atom stereocenters. The maximum Gasteiger partial charge on any atom is 0.371 e. The van der Waals surface area contributed by atoms with Gasteiger partial charge in [-0.3, -0.25) is 9.88 Å². The Balaban J connectivity index is 2.03. The highest BCUT2D eigenvalue weighted by Gasteiger charge is 2.12. The number of carbonyl (C=O) groups excluding carboxylic acids is 1. The Morgan fingerprint density at radius 2 is 1.91 bits per heavy atom. The SMILES string of the molecule is CCCCCCCNC(=O)N(C)c1cccc(-c2ccc(C=C(OCC)C(=O)O)cn2)c1. The molecule has 1 aromatic heterocycles. The van der Waals surface area contributed by atoms with E-state index in [0.717, 1.165) is 29.8 Å². The van der Waals surface area contributed by atoms with Crippen LogP contribution in [0.25, 0.3) is 17.3 Å². The second-order valence-corrected chi connectivity index (χ2v) is 7.48. The van der Waals surface area contributed by atoms with Crippen molar-refractivity contribution in [2.75, 3.05) is 25.1 Å². The summed E-state index contributed by atoms with van der Waals surface area (Å²) in [6.07, 6.45) is 8.79. The highest BCUT2D eigenvalue weighted by atomic mass is 16.5. The molecule has 0 radical (unpaired) electrons. The summed E-state index contributed by atoms with van der Waals surface area (Å²) in [6.45, 7) is 4.86. The molecule has 7 heteroatoms. The van der Waals surface area contributed by atoms with E-state index in [-0.39, 0.29) is 18.4 Å². The predicted molar refractivity (Wildman–Crippen MR) is 127 cm³/mol. The Bertz CT molecular complexity index is 910. The normalized spacial score (nSPS) is 11.2. The molecule has 2 amide bonds. The van der Waals surface area contributed by atoms with Crippen molar-refractivity contribution in [3.8, 4) is 11.3 Å². The molecule has 32 heavy (non-hydrogen) atoms. The third kappa shape index (κ3) is 7.72. The number of urea groups is 1. The number of carboxylic acids is 1. The van der Waals surface area contributed by atoms with Crippen LogP contribution >= 0.6 is 0 Å². The number of hydrogen-bond donors (Lipinski definition) is 2. The number of ether oxygens (including phenoxy) is 1. The molecule has 0 aliphatic carbocycles. The van der Waals surface area contributed by atoms with Crippen LogP contribution in [0.2, 0.25) is 0 Å². The van der Waals surface area contributed by atoms with Crippen LogP contribution < -0.4 is 10.2 Å². The zero-order chi connectivity index (χ0) is 23.3. The Morgan fingerprint density at radius 1 is 1.12 bits per heavy atom. The molecule has 0 fully saturated rings. The molecule has 172 valence electrons. The molecule has 0 aliphatic heterocycles. The summed E-state index contributed by atoms with van der Waals surface area (Å²) in [5.74, 6) is -1.24. The van der Waals surface area contributed by atoms with E-state index in [4.69, 9.17) is 4.74 Å². The van der Waals surface area contributed by atoms with E-state index in [9.17, 15) is 14.7 Å². The van der Waals surface area contributed by atoms with Crippen molar-refractivity contribution >= 4 is 23.8 Å². The summed E-state index contributed by atoms with van der Waals surface area (Å²) in [5.41, 5.74) is 2.98. The van der Waals surface area contributed by atoms with Gasteiger partial charge in [0.25, 0.3) is 0 Å². The topological polar surface area (TPSA) is 91.8 Å². The summed E-state index contributed by atoms with van der Waals surface area (Å²) in [6, 6.07) is 11.0. The van der Waals surface area contributed by atoms with Gasteiger partial charge in [-0.25, -0.2) is 9.59 Å². The Morgan fingerprint density at radius 3 is 2.56 bits per heavy atom. The van der Waals surface area contributed by atoms with Crippen molar-refractivity contribution < 1.29 is 19.4 Å². The number of unbranched alkanes of at least 4 members (excludes halogenated alkanes) is 4. The molecule has 0 bridgehead atoms. The number of nitrogens with zero attached hydrogens (tertiary/aromatic N) is 2. The average Bonchev–Trinajstić information content (AvgIpc) is 2.81. The Labute approximate surface area is 190 Å². The second kappa shape index (κ2) is 13.1. The van der Waals surface area contributed by atoms with Crippen molar-refractivity contribution in [1.82, 2.24) is 10.3 Å². The maximum absolute atomic E-state index is 12.5. The lowest BCUT2D eigenvalue weighted by Crippen LogP contribution is -2.37. The number of aromatic nitrogens is 1. The largest absolute Gasteiger partial charge is 0.487 e. The van der Waals surface area contributed by atoms with Crippen LogP contribution in [0.15, 0.2) is 48.4 Å². The van der Waals surface area contributed by atoms with Crippen LogP contribution in [0.4, 0.5) is 10.5 Å². The molecular formula is C25H33N3O4. The number of hydrogen-bond acceptors (Lipinski definition) is 4. The van der Waals surface area contributed by atoms with Crippen molar-refractivity contribution in [1.29, 1.82) is 0 Å². The molecule has 0 aliphatic rings. The molecule has 2 aromatic rings. The van der Waals surface area contributed by atoms with Crippen LogP contribution in [-0.4, -0.2) is 42.3 Å². The predicted octanol–water partition coefficient (Wildman–Crippen LogP) is 5.33. The smallest absolute Gasteiger partial charge is 0.371 e. The summed E-state index contributed by atoms with van der Waals surface area (Å²) in [7, 11) is 1.74. The molecule has 0 spiro atoms. The molecule has 0 saturated heterocycles. The maximum atomic E-state index is 12.5. The molecule has 0 saturated carbocycles. The fraction of sp³-hybridized carbons (Fsp3) is 0.400. The standard InChI is InChI=1S/C25H33N3O4/c1-4-6-7-8-9-15-26-25(31)28(3)21-12-10-11-20(17-21)22-14-13-19(18-27-22)16-23(24(29)30)32-5-2/h10-14,16-18H,4-9,15H2,1-3H3,(H,26,31)(H,29,30). The van der Waals surface area contributed by atoms with Crippen LogP contribution in [0, 0.1) is 0 Å². The van der Waals surface area contributed by atoms with E-state index in [2.05, 4.69) is 17.2 Å². The minimum Gasteiger partial charge on any atom is -0.487 e. The minimum absolute atomic E-state index is 0.123. The Hall–Kier alpha value is -3.35. The quantitative estimate of drug-likeness (QED) is 0.265. The summed E-state index contributed by atoms with van der Waals surface area (Å²) < 4.78 is 5.13. The van der Waals surface area contributed by atoms with E-state index in [1.54, 1.807) is 31.1 Å². The van der Waals surface area contributed by atoms with E-state index in [0.29, 0.717) is 12.1 Å². The first-order valence-corrected chi connectivity index (χ1v) is 11.1. The Kier molecular flexibility index (Phi) is 10.2. The fourth-order valence-corrected chi connectivity index (χ4v) is 3.17. The van der Waals surface area contributed by atoms with Crippen molar-refractivity contribution in [3.63, 3.8) is 0 Å². The van der Waals surface area contributed by atoms with Gasteiger partial charge in [0.2, 0.25) is 5.76 Å². The number of benzene rings is 1. The lowest BCUT2D eigenvalue weighted by Gasteiger charge is -2.19. The van der Waals surface area contributed by atoms with Gasteiger partial charge in [0.15, 0.2) is 0 Å². The lowest BCUT2D eigenvalue weighted by molar-refractivity contribution is -0.136. The number of aliphatic carboxylic acids is 1. The molecule has 2 rings (SSSR count). The van der Waals surface area contributed by atoms with Gasteiger partial charge in [-0.2, -0.15) is 0 Å². The highest BCUT2D eigenvalue weighted by Crippen LogP contribution is 2.23. The fourth-order valence-electron chi connectivity index (χ4n) is 3.17. The summed E-state index contributed by atoms with van der Waals surface area (Å²) >= 11 is 0. The van der Waals surface area contributed by atoms with Crippen LogP contribution in [-0.2, 0) is 9.53 Å². The number of anilines is 1. The summed E-state index contributed by atoms with van der Waals surface area (Å²) in [4.78, 5) is 29.7. The third-order valence-electron chi connectivity index (χ3n) is 4.99. The average molecular weight is 440 g/mol. The van der Waals surface area contributed by atoms with Crippen molar-refractivity contribution in [2.24, 2.45) is 0 Å². The first-order chi connectivity index (χ1) is 15.5. The molecule has 7 nitrogen and oxygen atoms in total. The van der Waals surface area contributed by atoms with E-state index in [1.807, 2.05) is 30.3 Å². The van der Waals surface area contributed by atoms with Gasteiger partial charge >= 0.3 is 12.0 Å². The van der Waals surface area contributed by atoms with Gasteiger partial charge in [-0.05, 0) is 43.2 Å². The number of nitrogens with one attached hydrogen (secondary N) is 1. The van der Waals surface area contributed by atoms with E-state index < -0.39 is 5.97 Å². The monoisotopic (exact) mass is 439 g/mol. The first kappa shape index (κ1) is 24.9. The molecular weight excluding hydrogens is 406 g/mol. The lowest BCUT2D eigenvalue weighted by atomic mass is 10.1. The van der Waals surface area contributed by atoms with Gasteiger partial charge in [-0.1, -0.05) is 50.8 Å². The minimum atomic E-state index is -1.12. The number of carbonyl (C=O) groups is 2. The van der Waals surface area contributed by atoms with Crippen LogP contribution in [0.1, 0.15) is 51.5 Å². The number of rotatable bonds is 12. The van der Waals surface area contributed by atoms with Crippen LogP contribution in [0.5, 0.6) is 0 Å². The summed E-state index contributed by atoms with van der Waals surface area (Å²) in [5, 5.41) is 12.1. The zero-order valence-electron chi connectivity index (χ0n) is 19.1. The van der Waals surface area contributed by atoms with Gasteiger partial charge in [0, 0.05) is 31.0 Å². The molecule has 1 heterocycles. The number of carboxylic acid groups (broad SMARTS) is 1. The van der Waals surface area contributed by atoms with Gasteiger partial charge in [0.05, 0.1) is 12.3 Å². The van der Waals surface area contributed by atoms with Crippen LogP contribution in [0.3, 0.4) is 0 Å². The molecule has 1 aromatic carbocycles. The van der Waals surface area contributed by atoms with Gasteiger partial charge in [-0.15, -0.1) is 0 Å². The van der Waals surface area contributed by atoms with Gasteiger partial charge < -0.3 is 15.2 Å². The van der Waals surface area contributed by atoms with E-state index in [1.165, 1.54) is 25.3 Å². The van der Waals surface area contributed by atoms with Crippen molar-refractivity contribution in [2.45, 2.75) is 46.0 Å². The number of pyridine rings is 1. The zero-order valence-corrected chi connectivity index (χ0v) is 19.1. The van der Waals surface area contributed by atoms with Crippen molar-refractivity contribution in [3.05, 3.63) is 53.9 Å². The molecule has 2 N–H and O–H groups in total. The molecule has 0 unspecified atom stereocenters. The second-order valence-electron chi connectivity index (χ2n) is 7.48. The first-order valence-electron chi connectivity index (χ1n) is 11.1. The van der Waals surface area contributed by atoms with Gasteiger partial charge in [0.1, 0.15) is 0 Å². The third-order valence-corrected chi connectivity index (χ3v) is 4.99. The number of amides is 2. The van der Waals surface area contributed by atoms with E-state index >= 15 is 0 Å². The highest BCUT2D eigenvalue weighted by molar-refractivity contribution is 5.92.